The lowest BCUT2D eigenvalue weighted by atomic mass is 10.1. The maximum Gasteiger partial charge on any atom is 0.191 e. The molecule has 1 aromatic carbocycles. The minimum Gasteiger partial charge on any atom is -0.356 e. The minimum atomic E-state index is -3.20. The second kappa shape index (κ2) is 7.45. The number of rotatable bonds is 5. The first-order valence-corrected chi connectivity index (χ1v) is 8.66. The fraction of sp³-hybridized carbons (Fsp3) is 0.533. The lowest BCUT2D eigenvalue weighted by Crippen LogP contribution is -2.47. The predicted octanol–water partition coefficient (Wildman–Crippen LogP) is 1.81. The molecule has 0 unspecified atom stereocenters. The van der Waals surface area contributed by atoms with Gasteiger partial charge in [0.15, 0.2) is 15.8 Å². The first-order chi connectivity index (χ1) is 9.74. The Balaban J connectivity index is 2.44. The molecule has 0 bridgehead atoms. The highest BCUT2D eigenvalue weighted by Gasteiger charge is 2.14. The van der Waals surface area contributed by atoms with Crippen LogP contribution in [0.5, 0.6) is 0 Å². The lowest BCUT2D eigenvalue weighted by molar-refractivity contribution is 0.501. The van der Waals surface area contributed by atoms with Crippen LogP contribution in [0.1, 0.15) is 27.2 Å². The Morgan fingerprint density at radius 3 is 2.33 bits per heavy atom. The number of sulfone groups is 1. The van der Waals surface area contributed by atoms with Crippen molar-refractivity contribution in [2.75, 3.05) is 19.3 Å². The summed E-state index contributed by atoms with van der Waals surface area (Å²) in [5.41, 5.74) is -0.0854. The quantitative estimate of drug-likeness (QED) is 0.494. The summed E-state index contributed by atoms with van der Waals surface area (Å²) in [6, 6.07) is 8.54. The Labute approximate surface area is 127 Å². The first-order valence-electron chi connectivity index (χ1n) is 7.01. The van der Waals surface area contributed by atoms with Crippen molar-refractivity contribution < 1.29 is 8.42 Å². The zero-order valence-electron chi connectivity index (χ0n) is 13.2. The summed E-state index contributed by atoms with van der Waals surface area (Å²) in [5, 5.41) is 6.35. The van der Waals surface area contributed by atoms with Gasteiger partial charge in [-0.1, -0.05) is 18.2 Å². The fourth-order valence-corrected chi connectivity index (χ4v) is 3.08. The van der Waals surface area contributed by atoms with Gasteiger partial charge in [0.05, 0.1) is 10.6 Å². The van der Waals surface area contributed by atoms with Gasteiger partial charge in [0, 0.05) is 19.1 Å². The molecule has 0 aliphatic carbocycles. The first kappa shape index (κ1) is 17.5. The molecule has 0 heterocycles. The van der Waals surface area contributed by atoms with Gasteiger partial charge >= 0.3 is 0 Å². The molecule has 21 heavy (non-hydrogen) atoms. The zero-order valence-corrected chi connectivity index (χ0v) is 14.0. The van der Waals surface area contributed by atoms with E-state index in [1.807, 2.05) is 26.8 Å². The van der Waals surface area contributed by atoms with E-state index in [9.17, 15) is 8.42 Å². The minimum absolute atomic E-state index is 0.0854. The second-order valence-electron chi connectivity index (χ2n) is 5.86. The third-order valence-corrected chi connectivity index (χ3v) is 4.52. The highest BCUT2D eigenvalue weighted by atomic mass is 32.2. The molecule has 0 aromatic heterocycles. The number of aliphatic imine (C=N–C) groups is 1. The summed E-state index contributed by atoms with van der Waals surface area (Å²) in [4.78, 5) is 4.49. The predicted molar refractivity (Wildman–Crippen MR) is 87.4 cm³/mol. The fourth-order valence-electron chi connectivity index (χ4n) is 1.75. The Morgan fingerprint density at radius 1 is 1.19 bits per heavy atom. The third-order valence-electron chi connectivity index (χ3n) is 2.70. The van der Waals surface area contributed by atoms with Crippen LogP contribution in [0.4, 0.5) is 0 Å². The Kier molecular flexibility index (Phi) is 6.20. The van der Waals surface area contributed by atoms with Crippen molar-refractivity contribution in [2.24, 2.45) is 4.99 Å². The molecule has 6 heteroatoms. The van der Waals surface area contributed by atoms with E-state index in [2.05, 4.69) is 15.6 Å². The Bertz CT molecular complexity index is 560. The van der Waals surface area contributed by atoms with Crippen LogP contribution in [0.2, 0.25) is 0 Å². The van der Waals surface area contributed by atoms with Crippen molar-refractivity contribution >= 4 is 15.8 Å². The molecule has 0 radical (unpaired) electrons. The number of hydrogen-bond donors (Lipinski definition) is 2. The van der Waals surface area contributed by atoms with Crippen LogP contribution in [-0.2, 0) is 9.84 Å². The van der Waals surface area contributed by atoms with E-state index in [0.717, 1.165) is 0 Å². The van der Waals surface area contributed by atoms with Crippen LogP contribution in [0.25, 0.3) is 0 Å². The monoisotopic (exact) mass is 311 g/mol. The molecule has 0 saturated heterocycles. The molecule has 1 aromatic rings. The van der Waals surface area contributed by atoms with Crippen molar-refractivity contribution in [3.8, 4) is 0 Å². The summed E-state index contributed by atoms with van der Waals surface area (Å²) in [6.45, 7) is 6.68. The zero-order chi connectivity index (χ0) is 15.9. The largest absolute Gasteiger partial charge is 0.356 e. The number of nitrogens with one attached hydrogen (secondary N) is 2. The maximum atomic E-state index is 12.1. The second-order valence-corrected chi connectivity index (χ2v) is 7.97. The molecule has 118 valence electrons. The van der Waals surface area contributed by atoms with Crippen molar-refractivity contribution in [3.63, 3.8) is 0 Å². The molecular weight excluding hydrogens is 286 g/mol. The topological polar surface area (TPSA) is 70.6 Å². The van der Waals surface area contributed by atoms with Gasteiger partial charge in [0.25, 0.3) is 0 Å². The number of hydrogen-bond acceptors (Lipinski definition) is 3. The summed E-state index contributed by atoms with van der Waals surface area (Å²) in [5.74, 6) is 0.802. The van der Waals surface area contributed by atoms with Crippen LogP contribution >= 0.6 is 0 Å². The van der Waals surface area contributed by atoms with Gasteiger partial charge in [0.1, 0.15) is 0 Å². The van der Waals surface area contributed by atoms with Gasteiger partial charge < -0.3 is 10.6 Å². The molecule has 5 nitrogen and oxygen atoms in total. The maximum absolute atomic E-state index is 12.1. The van der Waals surface area contributed by atoms with Gasteiger partial charge in [-0.3, -0.25) is 4.99 Å². The van der Waals surface area contributed by atoms with E-state index in [1.54, 1.807) is 31.3 Å². The van der Waals surface area contributed by atoms with Crippen LogP contribution < -0.4 is 10.6 Å². The van der Waals surface area contributed by atoms with E-state index >= 15 is 0 Å². The van der Waals surface area contributed by atoms with Gasteiger partial charge in [-0.2, -0.15) is 0 Å². The SMILES string of the molecule is CN=C(NCCCS(=O)(=O)c1ccccc1)NC(C)(C)C. The summed E-state index contributed by atoms with van der Waals surface area (Å²) in [6.07, 6.45) is 0.530. The van der Waals surface area contributed by atoms with Crippen LogP contribution in [0.3, 0.4) is 0 Å². The number of guanidine groups is 1. The van der Waals surface area contributed by atoms with Gasteiger partial charge in [-0.05, 0) is 39.3 Å². The summed E-state index contributed by atoms with van der Waals surface area (Å²) < 4.78 is 24.2. The van der Waals surface area contributed by atoms with Crippen molar-refractivity contribution in [1.82, 2.24) is 10.6 Å². The highest BCUT2D eigenvalue weighted by Crippen LogP contribution is 2.10. The van der Waals surface area contributed by atoms with E-state index in [4.69, 9.17) is 0 Å². The average molecular weight is 311 g/mol. The van der Waals surface area contributed by atoms with Crippen molar-refractivity contribution in [2.45, 2.75) is 37.6 Å². The molecular formula is C15H25N3O2S. The van der Waals surface area contributed by atoms with E-state index in [-0.39, 0.29) is 11.3 Å². The van der Waals surface area contributed by atoms with Gasteiger partial charge in [-0.25, -0.2) is 8.42 Å². The number of nitrogens with zero attached hydrogens (tertiary/aromatic N) is 1. The van der Waals surface area contributed by atoms with Crippen molar-refractivity contribution in [3.05, 3.63) is 30.3 Å². The van der Waals surface area contributed by atoms with Crippen molar-refractivity contribution in [1.29, 1.82) is 0 Å². The van der Waals surface area contributed by atoms with E-state index in [1.165, 1.54) is 0 Å². The molecule has 2 N–H and O–H groups in total. The van der Waals surface area contributed by atoms with Crippen LogP contribution in [0, 0.1) is 0 Å². The summed E-state index contributed by atoms with van der Waals surface area (Å²) >= 11 is 0. The Hall–Kier alpha value is -1.56. The molecule has 0 spiro atoms. The molecule has 0 aliphatic rings. The smallest absolute Gasteiger partial charge is 0.191 e. The molecule has 0 atom stereocenters. The van der Waals surface area contributed by atoms with Gasteiger partial charge in [-0.15, -0.1) is 0 Å². The molecule has 0 saturated carbocycles. The molecule has 0 amide bonds. The Morgan fingerprint density at radius 2 is 1.81 bits per heavy atom. The normalized spacial score (nSPS) is 13.0. The van der Waals surface area contributed by atoms with Crippen LogP contribution in [-0.4, -0.2) is 39.3 Å². The van der Waals surface area contributed by atoms with Crippen LogP contribution in [0.15, 0.2) is 40.2 Å². The standard InChI is InChI=1S/C15H25N3O2S/c1-15(2,3)18-14(16-4)17-11-8-12-21(19,20)13-9-6-5-7-10-13/h5-7,9-10H,8,11-12H2,1-4H3,(H2,16,17,18). The van der Waals surface area contributed by atoms with Gasteiger partial charge in [0.2, 0.25) is 0 Å². The molecule has 1 rings (SSSR count). The highest BCUT2D eigenvalue weighted by molar-refractivity contribution is 7.91. The third kappa shape index (κ3) is 6.62. The average Bonchev–Trinajstić information content (AvgIpc) is 2.42. The molecule has 0 aliphatic heterocycles. The molecule has 0 fully saturated rings. The summed E-state index contributed by atoms with van der Waals surface area (Å²) in [7, 11) is -1.50. The lowest BCUT2D eigenvalue weighted by Gasteiger charge is -2.23. The number of benzene rings is 1. The van der Waals surface area contributed by atoms with E-state index < -0.39 is 9.84 Å². The van der Waals surface area contributed by atoms with E-state index in [0.29, 0.717) is 23.8 Å².